The van der Waals surface area contributed by atoms with E-state index < -0.39 is 0 Å². The summed E-state index contributed by atoms with van der Waals surface area (Å²) in [6.07, 6.45) is 4.70. The molecule has 0 spiro atoms. The largest absolute Gasteiger partial charge is 0.378 e. The molecule has 98 valence electrons. The molecule has 0 aliphatic carbocycles. The van der Waals surface area contributed by atoms with E-state index in [0.717, 1.165) is 32.7 Å². The minimum atomic E-state index is 0.844. The van der Waals surface area contributed by atoms with Crippen LogP contribution in [0.2, 0.25) is 0 Å². The lowest BCUT2D eigenvalue weighted by Crippen LogP contribution is -2.36. The average molecular weight is 245 g/mol. The van der Waals surface area contributed by atoms with Crippen LogP contribution in [0, 0.1) is 0 Å². The van der Waals surface area contributed by atoms with Crippen molar-refractivity contribution in [3.63, 3.8) is 0 Å². The smallest absolute Gasteiger partial charge is 0.0642 e. The Morgan fingerprint density at radius 1 is 1.22 bits per heavy atom. The van der Waals surface area contributed by atoms with E-state index >= 15 is 0 Å². The van der Waals surface area contributed by atoms with E-state index in [-0.39, 0.29) is 0 Å². The van der Waals surface area contributed by atoms with E-state index in [1.54, 1.807) is 0 Å². The molecule has 0 aromatic heterocycles. The summed E-state index contributed by atoms with van der Waals surface area (Å²) in [5.74, 6) is 0. The van der Waals surface area contributed by atoms with E-state index in [4.69, 9.17) is 4.74 Å². The predicted octanol–water partition coefficient (Wildman–Crippen LogP) is 3.73. The molecule has 1 heterocycles. The highest BCUT2D eigenvalue weighted by Gasteiger charge is 2.10. The highest BCUT2D eigenvalue weighted by Crippen LogP contribution is 2.21. The van der Waals surface area contributed by atoms with Crippen molar-refractivity contribution in [2.75, 3.05) is 31.2 Å². The number of hydrogen-bond donors (Lipinski definition) is 0. The van der Waals surface area contributed by atoms with E-state index in [1.807, 2.05) is 0 Å². The Kier molecular flexibility index (Phi) is 4.82. The van der Waals surface area contributed by atoms with Gasteiger partial charge in [-0.05, 0) is 36.6 Å². The van der Waals surface area contributed by atoms with E-state index in [9.17, 15) is 0 Å². The van der Waals surface area contributed by atoms with Crippen molar-refractivity contribution in [3.8, 4) is 0 Å². The van der Waals surface area contributed by atoms with Crippen LogP contribution < -0.4 is 4.90 Å². The Hall–Kier alpha value is -1.28. The summed E-state index contributed by atoms with van der Waals surface area (Å²) in [5, 5.41) is 0. The molecule has 0 N–H and O–H groups in total. The van der Waals surface area contributed by atoms with Crippen LogP contribution in [0.25, 0.3) is 5.57 Å². The number of ether oxygens (including phenoxy) is 1. The molecule has 2 heteroatoms. The zero-order chi connectivity index (χ0) is 12.8. The lowest BCUT2D eigenvalue weighted by Gasteiger charge is -2.28. The third-order valence-corrected chi connectivity index (χ3v) is 3.44. The summed E-state index contributed by atoms with van der Waals surface area (Å²) in [6.45, 7) is 8.10. The van der Waals surface area contributed by atoms with Gasteiger partial charge in [0.15, 0.2) is 0 Å². The van der Waals surface area contributed by atoms with E-state index in [1.165, 1.54) is 23.2 Å². The summed E-state index contributed by atoms with van der Waals surface area (Å²) in [7, 11) is 0. The molecule has 1 saturated heterocycles. The van der Waals surface area contributed by atoms with Gasteiger partial charge in [0.2, 0.25) is 0 Å². The van der Waals surface area contributed by atoms with Crippen LogP contribution in [0.1, 0.15) is 32.3 Å². The van der Waals surface area contributed by atoms with Crippen LogP contribution >= 0.6 is 0 Å². The van der Waals surface area contributed by atoms with Crippen LogP contribution in [0.3, 0.4) is 0 Å². The summed E-state index contributed by atoms with van der Waals surface area (Å²) in [6, 6.07) is 8.91. The molecule has 0 atom stereocenters. The molecule has 0 amide bonds. The molecule has 1 fully saturated rings. The maximum atomic E-state index is 5.38. The van der Waals surface area contributed by atoms with Gasteiger partial charge in [0.25, 0.3) is 0 Å². The second kappa shape index (κ2) is 6.60. The molecule has 0 bridgehead atoms. The average Bonchev–Trinajstić information content (AvgIpc) is 2.46. The molecule has 2 rings (SSSR count). The van der Waals surface area contributed by atoms with Crippen LogP contribution in [-0.4, -0.2) is 26.3 Å². The van der Waals surface area contributed by atoms with Crippen molar-refractivity contribution in [2.45, 2.75) is 26.7 Å². The zero-order valence-electron chi connectivity index (χ0n) is 11.5. The number of unbranched alkanes of at least 4 members (excludes halogenated alkanes) is 1. The second-order valence-corrected chi connectivity index (χ2v) is 4.82. The van der Waals surface area contributed by atoms with Gasteiger partial charge in [0, 0.05) is 18.8 Å². The molecule has 0 unspecified atom stereocenters. The Morgan fingerprint density at radius 2 is 1.89 bits per heavy atom. The predicted molar refractivity (Wildman–Crippen MR) is 78.0 cm³/mol. The van der Waals surface area contributed by atoms with Crippen molar-refractivity contribution < 1.29 is 4.74 Å². The fraction of sp³-hybridized carbons (Fsp3) is 0.500. The van der Waals surface area contributed by atoms with Gasteiger partial charge < -0.3 is 9.64 Å². The third kappa shape index (κ3) is 3.36. The number of hydrogen-bond acceptors (Lipinski definition) is 2. The van der Waals surface area contributed by atoms with Crippen LogP contribution in [0.5, 0.6) is 0 Å². The molecule has 0 radical (unpaired) electrons. The topological polar surface area (TPSA) is 12.5 Å². The molecule has 1 aromatic carbocycles. The summed E-state index contributed by atoms with van der Waals surface area (Å²) < 4.78 is 5.38. The molecule has 1 aliphatic rings. The van der Waals surface area contributed by atoms with Gasteiger partial charge in [-0.2, -0.15) is 0 Å². The van der Waals surface area contributed by atoms with Gasteiger partial charge in [-0.1, -0.05) is 31.6 Å². The molecular formula is C16H23NO. The van der Waals surface area contributed by atoms with Gasteiger partial charge >= 0.3 is 0 Å². The van der Waals surface area contributed by atoms with E-state index in [0.29, 0.717) is 0 Å². The number of anilines is 1. The maximum absolute atomic E-state index is 5.38. The highest BCUT2D eigenvalue weighted by atomic mass is 16.5. The Labute approximate surface area is 110 Å². The standard InChI is InChI=1S/C16H23NO/c1-3-4-5-14(2)15-6-8-16(9-7-15)17-10-12-18-13-11-17/h5-9H,3-4,10-13H2,1-2H3/b14-5+. The van der Waals surface area contributed by atoms with Crippen LogP contribution in [-0.2, 0) is 4.74 Å². The summed E-state index contributed by atoms with van der Waals surface area (Å²) in [5.41, 5.74) is 4.02. The van der Waals surface area contributed by atoms with Gasteiger partial charge in [0.1, 0.15) is 0 Å². The fourth-order valence-electron chi connectivity index (χ4n) is 2.24. The van der Waals surface area contributed by atoms with Crippen molar-refractivity contribution in [1.29, 1.82) is 0 Å². The quantitative estimate of drug-likeness (QED) is 0.801. The lowest BCUT2D eigenvalue weighted by atomic mass is 10.1. The van der Waals surface area contributed by atoms with Crippen LogP contribution in [0.4, 0.5) is 5.69 Å². The fourth-order valence-corrected chi connectivity index (χ4v) is 2.24. The first-order valence-corrected chi connectivity index (χ1v) is 6.91. The first-order chi connectivity index (χ1) is 8.81. The van der Waals surface area contributed by atoms with Crippen molar-refractivity contribution in [1.82, 2.24) is 0 Å². The van der Waals surface area contributed by atoms with Crippen molar-refractivity contribution >= 4 is 11.3 Å². The Balaban J connectivity index is 2.04. The number of benzene rings is 1. The SMILES string of the molecule is CCC/C=C(\C)c1ccc(N2CCOCC2)cc1. The number of morpholine rings is 1. The monoisotopic (exact) mass is 245 g/mol. The normalized spacial score (nSPS) is 17.0. The number of rotatable bonds is 4. The summed E-state index contributed by atoms with van der Waals surface area (Å²) >= 11 is 0. The molecular weight excluding hydrogens is 222 g/mol. The zero-order valence-corrected chi connectivity index (χ0v) is 11.5. The second-order valence-electron chi connectivity index (χ2n) is 4.82. The van der Waals surface area contributed by atoms with E-state index in [2.05, 4.69) is 49.1 Å². The number of nitrogens with zero attached hydrogens (tertiary/aromatic N) is 1. The van der Waals surface area contributed by atoms with Crippen LogP contribution in [0.15, 0.2) is 30.3 Å². The minimum absolute atomic E-state index is 0.844. The Morgan fingerprint density at radius 3 is 2.50 bits per heavy atom. The molecule has 18 heavy (non-hydrogen) atoms. The van der Waals surface area contributed by atoms with Gasteiger partial charge in [-0.25, -0.2) is 0 Å². The first-order valence-electron chi connectivity index (χ1n) is 6.91. The first kappa shape index (κ1) is 13.2. The molecule has 0 saturated carbocycles. The Bertz CT molecular complexity index is 388. The van der Waals surface area contributed by atoms with Crippen molar-refractivity contribution in [2.24, 2.45) is 0 Å². The van der Waals surface area contributed by atoms with Crippen molar-refractivity contribution in [3.05, 3.63) is 35.9 Å². The van der Waals surface area contributed by atoms with Gasteiger partial charge in [-0.3, -0.25) is 0 Å². The summed E-state index contributed by atoms with van der Waals surface area (Å²) in [4.78, 5) is 2.39. The van der Waals surface area contributed by atoms with Gasteiger partial charge in [0.05, 0.1) is 13.2 Å². The third-order valence-electron chi connectivity index (χ3n) is 3.44. The lowest BCUT2D eigenvalue weighted by molar-refractivity contribution is 0.122. The molecule has 2 nitrogen and oxygen atoms in total. The maximum Gasteiger partial charge on any atom is 0.0642 e. The minimum Gasteiger partial charge on any atom is -0.378 e. The molecule has 1 aliphatic heterocycles. The highest BCUT2D eigenvalue weighted by molar-refractivity contribution is 5.65. The van der Waals surface area contributed by atoms with Gasteiger partial charge in [-0.15, -0.1) is 0 Å². The molecule has 1 aromatic rings. The number of allylic oxidation sites excluding steroid dienone is 2.